The molecule has 4 nitrogen and oxygen atoms in total. The van der Waals surface area contributed by atoms with Gasteiger partial charge in [0.2, 0.25) is 0 Å². The highest BCUT2D eigenvalue weighted by Gasteiger charge is 2.35. The molecule has 114 valence electrons. The number of nitrogens with zero attached hydrogens (tertiary/aromatic N) is 1. The summed E-state index contributed by atoms with van der Waals surface area (Å²) in [6, 6.07) is 7.09. The summed E-state index contributed by atoms with van der Waals surface area (Å²) in [5, 5.41) is 0. The average Bonchev–Trinajstić information content (AvgIpc) is 2.48. The highest BCUT2D eigenvalue weighted by molar-refractivity contribution is 5.98. The zero-order chi connectivity index (χ0) is 15.6. The van der Waals surface area contributed by atoms with Gasteiger partial charge in [0, 0.05) is 36.7 Å². The van der Waals surface area contributed by atoms with Crippen LogP contribution in [0.4, 0.5) is 0 Å². The summed E-state index contributed by atoms with van der Waals surface area (Å²) in [5.41, 5.74) is 7.34. The summed E-state index contributed by atoms with van der Waals surface area (Å²) in [6.45, 7) is 7.39. The second-order valence-corrected chi connectivity index (χ2v) is 6.46. The molecule has 1 aromatic rings. The van der Waals surface area contributed by atoms with Crippen LogP contribution >= 0.6 is 0 Å². The lowest BCUT2D eigenvalue weighted by Crippen LogP contribution is -2.53. The Labute approximate surface area is 126 Å². The van der Waals surface area contributed by atoms with Crippen molar-refractivity contribution in [2.75, 3.05) is 13.1 Å². The van der Waals surface area contributed by atoms with E-state index in [0.29, 0.717) is 30.6 Å². The number of ketones is 1. The van der Waals surface area contributed by atoms with Gasteiger partial charge in [-0.2, -0.15) is 0 Å². The van der Waals surface area contributed by atoms with Crippen molar-refractivity contribution < 1.29 is 9.59 Å². The first kappa shape index (κ1) is 15.7. The normalized spacial score (nSPS) is 21.1. The van der Waals surface area contributed by atoms with Crippen LogP contribution < -0.4 is 5.73 Å². The molecule has 1 aliphatic heterocycles. The van der Waals surface area contributed by atoms with Crippen LogP contribution in [0.2, 0.25) is 0 Å². The molecule has 0 radical (unpaired) electrons. The zero-order valence-electron chi connectivity index (χ0n) is 13.1. The van der Waals surface area contributed by atoms with Gasteiger partial charge in [-0.3, -0.25) is 9.59 Å². The van der Waals surface area contributed by atoms with Gasteiger partial charge in [-0.25, -0.2) is 0 Å². The van der Waals surface area contributed by atoms with Gasteiger partial charge in [-0.15, -0.1) is 0 Å². The number of rotatable bonds is 3. The summed E-state index contributed by atoms with van der Waals surface area (Å²) >= 11 is 0. The molecule has 0 aliphatic carbocycles. The van der Waals surface area contributed by atoms with E-state index >= 15 is 0 Å². The van der Waals surface area contributed by atoms with Gasteiger partial charge in [0.15, 0.2) is 5.78 Å². The predicted molar refractivity (Wildman–Crippen MR) is 83.3 cm³/mol. The van der Waals surface area contributed by atoms with E-state index in [1.807, 2.05) is 11.8 Å². The number of hydrogen-bond donors (Lipinski definition) is 1. The molecule has 0 saturated carbocycles. The zero-order valence-corrected chi connectivity index (χ0v) is 13.1. The standard InChI is InChI=1S/C17H24N2O2/c1-4-14(20)12-5-7-13(8-6-12)16(21)19-10-9-15(18)17(2,3)11-19/h5-8,15H,4,9-11,18H2,1-3H3. The molecule has 4 heteroatoms. The third-order valence-corrected chi connectivity index (χ3v) is 4.37. The fourth-order valence-corrected chi connectivity index (χ4v) is 2.73. The first-order valence-corrected chi connectivity index (χ1v) is 7.53. The third-order valence-electron chi connectivity index (χ3n) is 4.37. The third kappa shape index (κ3) is 3.32. The minimum Gasteiger partial charge on any atom is -0.338 e. The maximum Gasteiger partial charge on any atom is 0.253 e. The minimum atomic E-state index is -0.0635. The molecule has 1 amide bonds. The largest absolute Gasteiger partial charge is 0.338 e. The molecular weight excluding hydrogens is 264 g/mol. The van der Waals surface area contributed by atoms with E-state index in [4.69, 9.17) is 5.73 Å². The molecule has 0 spiro atoms. The number of carbonyl (C=O) groups excluding carboxylic acids is 2. The molecule has 1 aromatic carbocycles. The molecule has 1 unspecified atom stereocenters. The van der Waals surface area contributed by atoms with Crippen molar-refractivity contribution >= 4 is 11.7 Å². The van der Waals surface area contributed by atoms with Crippen LogP contribution in [0.5, 0.6) is 0 Å². The Hall–Kier alpha value is -1.68. The van der Waals surface area contributed by atoms with Gasteiger partial charge in [0.25, 0.3) is 5.91 Å². The number of likely N-dealkylation sites (tertiary alicyclic amines) is 1. The van der Waals surface area contributed by atoms with Crippen molar-refractivity contribution in [3.63, 3.8) is 0 Å². The van der Waals surface area contributed by atoms with Crippen LogP contribution in [-0.2, 0) is 0 Å². The van der Waals surface area contributed by atoms with Crippen LogP contribution in [0.15, 0.2) is 24.3 Å². The van der Waals surface area contributed by atoms with E-state index in [2.05, 4.69) is 13.8 Å². The molecule has 1 fully saturated rings. The number of benzene rings is 1. The molecule has 1 heterocycles. The Morgan fingerprint density at radius 3 is 2.33 bits per heavy atom. The van der Waals surface area contributed by atoms with Crippen molar-refractivity contribution in [3.05, 3.63) is 35.4 Å². The number of nitrogens with two attached hydrogens (primary N) is 1. The maximum absolute atomic E-state index is 12.5. The highest BCUT2D eigenvalue weighted by Crippen LogP contribution is 2.28. The van der Waals surface area contributed by atoms with Crippen molar-refractivity contribution in [2.45, 2.75) is 39.7 Å². The van der Waals surface area contributed by atoms with Gasteiger partial charge >= 0.3 is 0 Å². The van der Waals surface area contributed by atoms with Gasteiger partial charge in [0.05, 0.1) is 0 Å². The number of piperidine rings is 1. The highest BCUT2D eigenvalue weighted by atomic mass is 16.2. The topological polar surface area (TPSA) is 63.4 Å². The lowest BCUT2D eigenvalue weighted by Gasteiger charge is -2.42. The summed E-state index contributed by atoms with van der Waals surface area (Å²) in [6.07, 6.45) is 1.30. The Morgan fingerprint density at radius 2 is 1.81 bits per heavy atom. The van der Waals surface area contributed by atoms with E-state index in [9.17, 15) is 9.59 Å². The molecule has 1 atom stereocenters. The fourth-order valence-electron chi connectivity index (χ4n) is 2.73. The first-order valence-electron chi connectivity index (χ1n) is 7.53. The number of Topliss-reactive ketones (excluding diaryl/α,β-unsaturated/α-hetero) is 1. The molecule has 1 aliphatic rings. The van der Waals surface area contributed by atoms with E-state index < -0.39 is 0 Å². The van der Waals surface area contributed by atoms with E-state index in [0.717, 1.165) is 6.42 Å². The average molecular weight is 288 g/mol. The summed E-state index contributed by atoms with van der Waals surface area (Å²) in [4.78, 5) is 26.0. The quantitative estimate of drug-likeness (QED) is 0.869. The smallest absolute Gasteiger partial charge is 0.253 e. The SMILES string of the molecule is CCC(=O)c1ccc(C(=O)N2CCC(N)C(C)(C)C2)cc1. The van der Waals surface area contributed by atoms with Crippen molar-refractivity contribution in [1.82, 2.24) is 4.90 Å². The van der Waals surface area contributed by atoms with Gasteiger partial charge in [-0.1, -0.05) is 32.9 Å². The van der Waals surface area contributed by atoms with Crippen LogP contribution in [0.1, 0.15) is 54.3 Å². The van der Waals surface area contributed by atoms with E-state index in [1.165, 1.54) is 0 Å². The van der Waals surface area contributed by atoms with Crippen molar-refractivity contribution in [3.8, 4) is 0 Å². The lowest BCUT2D eigenvalue weighted by molar-refractivity contribution is 0.0533. The summed E-state index contributed by atoms with van der Waals surface area (Å²) < 4.78 is 0. The number of amides is 1. The monoisotopic (exact) mass is 288 g/mol. The molecule has 1 saturated heterocycles. The molecular formula is C17H24N2O2. The Bertz CT molecular complexity index is 534. The second-order valence-electron chi connectivity index (χ2n) is 6.46. The van der Waals surface area contributed by atoms with Gasteiger partial charge in [0.1, 0.15) is 0 Å². The Morgan fingerprint density at radius 1 is 1.24 bits per heavy atom. The number of carbonyl (C=O) groups is 2. The summed E-state index contributed by atoms with van der Waals surface area (Å²) in [5.74, 6) is 0.115. The first-order chi connectivity index (χ1) is 9.85. The van der Waals surface area contributed by atoms with Crippen LogP contribution in [0.25, 0.3) is 0 Å². The van der Waals surface area contributed by atoms with E-state index in [-0.39, 0.29) is 23.1 Å². The maximum atomic E-state index is 12.5. The minimum absolute atomic E-state index is 0.0190. The van der Waals surface area contributed by atoms with Crippen molar-refractivity contribution in [2.24, 2.45) is 11.1 Å². The molecule has 0 bridgehead atoms. The van der Waals surface area contributed by atoms with E-state index in [1.54, 1.807) is 24.3 Å². The molecule has 21 heavy (non-hydrogen) atoms. The van der Waals surface area contributed by atoms with Crippen molar-refractivity contribution in [1.29, 1.82) is 0 Å². The van der Waals surface area contributed by atoms with Crippen LogP contribution in [0, 0.1) is 5.41 Å². The van der Waals surface area contributed by atoms with Crippen LogP contribution in [0.3, 0.4) is 0 Å². The molecule has 0 aromatic heterocycles. The Balaban J connectivity index is 2.12. The lowest BCUT2D eigenvalue weighted by atomic mass is 9.79. The summed E-state index contributed by atoms with van der Waals surface area (Å²) in [7, 11) is 0. The fraction of sp³-hybridized carbons (Fsp3) is 0.529. The molecule has 2 rings (SSSR count). The van der Waals surface area contributed by atoms with Gasteiger partial charge < -0.3 is 10.6 Å². The Kier molecular flexibility index (Phi) is 4.47. The predicted octanol–water partition coefficient (Wildman–Crippen LogP) is 2.48. The van der Waals surface area contributed by atoms with Crippen LogP contribution in [-0.4, -0.2) is 35.7 Å². The second kappa shape index (κ2) is 5.98. The van der Waals surface area contributed by atoms with Gasteiger partial charge in [-0.05, 0) is 24.0 Å². The number of hydrogen-bond acceptors (Lipinski definition) is 3. The molecule has 2 N–H and O–H groups in total.